The van der Waals surface area contributed by atoms with Gasteiger partial charge in [-0.15, -0.1) is 0 Å². The monoisotopic (exact) mass is 1620 g/mol. The Bertz CT molecular complexity index is 2780. The van der Waals surface area contributed by atoms with Crippen LogP contribution in [0.1, 0.15) is 342 Å². The van der Waals surface area contributed by atoms with Crippen LogP contribution in [0, 0.1) is 0 Å². The van der Waals surface area contributed by atoms with Crippen molar-refractivity contribution in [1.82, 2.24) is 0 Å². The number of allylic oxidation sites excluding steroid dienone is 30. The van der Waals surface area contributed by atoms with Gasteiger partial charge in [-0.3, -0.25) is 32.5 Å². The van der Waals surface area contributed by atoms with Crippen molar-refractivity contribution in [2.45, 2.75) is 360 Å². The normalized spacial score (nSPS) is 14.7. The average molecular weight is 1620 g/mol. The molecule has 0 rings (SSSR count). The van der Waals surface area contributed by atoms with E-state index in [-0.39, 0.29) is 19.3 Å². The largest absolute Gasteiger partial charge is 0.472 e. The number of rotatable bonds is 82. The molecule has 0 aliphatic carbocycles. The fourth-order valence-corrected chi connectivity index (χ4v) is 13.1. The molecule has 0 heterocycles. The van der Waals surface area contributed by atoms with E-state index in [4.69, 9.17) is 32.3 Å². The second kappa shape index (κ2) is 86.0. The number of carbonyl (C=O) groups is 3. The molecule has 4 N–H and O–H groups in total. The van der Waals surface area contributed by atoms with Crippen molar-refractivity contribution in [2.24, 2.45) is 0 Å². The number of esters is 3. The van der Waals surface area contributed by atoms with Gasteiger partial charge in [0.15, 0.2) is 6.10 Å². The number of hydrogen-bond acceptors (Lipinski definition) is 14. The van der Waals surface area contributed by atoms with E-state index in [0.29, 0.717) is 19.3 Å². The van der Waals surface area contributed by atoms with Crippen molar-refractivity contribution >= 4 is 33.6 Å². The Hall–Kier alpha value is -5.35. The van der Waals surface area contributed by atoms with Crippen LogP contribution in [0.5, 0.6) is 0 Å². The van der Waals surface area contributed by atoms with Gasteiger partial charge in [-0.1, -0.05) is 344 Å². The summed E-state index contributed by atoms with van der Waals surface area (Å²) in [6.07, 6.45) is 112. The van der Waals surface area contributed by atoms with Gasteiger partial charge in [0, 0.05) is 19.3 Å². The van der Waals surface area contributed by atoms with E-state index in [1.807, 2.05) is 0 Å². The smallest absolute Gasteiger partial charge is 0.463 e. The minimum atomic E-state index is -4.95. The van der Waals surface area contributed by atoms with Crippen LogP contribution in [-0.4, -0.2) is 95.9 Å². The molecule has 0 radical (unpaired) electrons. The summed E-state index contributed by atoms with van der Waals surface area (Å²) in [5, 5.41) is 20.7. The standard InChI is InChI=1S/C95H158O16P2/c1-4-7-10-13-16-19-22-25-28-31-34-37-40-43-44-47-49-51-54-57-60-63-66-69-72-75-78-81-93(98)105-84-90(96)85-107-112(101,102)108-86-91(97)87-109-113(103,104)110-89-92(111-95(100)83-80-77-74-71-68-65-62-59-56-53-50-46-42-39-36-33-30-27-24-21-18-15-12-9-6-3)88-106-94(99)82-79-76-73-70-67-64-61-58-55-52-48-45-41-38-35-32-29-26-23-20-17-14-11-8-5-2/h7-8,10-11,16-21,25-30,34-39,43-46,48,50,55,58,90-92,96-97H,4-6,9,12-15,22-24,31-33,40-42,47,49,51-54,56-57,59-89H2,1-3H3,(H,101,102)(H,103,104)/b10-7-,11-8-,19-16-,20-17-,21-18-,28-25-,29-26-,30-27-,37-34-,38-35-,39-36-,44-43-,48-45-,50-46-,58-55-. The van der Waals surface area contributed by atoms with Gasteiger partial charge in [0.25, 0.3) is 0 Å². The van der Waals surface area contributed by atoms with Crippen LogP contribution < -0.4 is 0 Å². The Morgan fingerprint density at radius 1 is 0.257 bits per heavy atom. The van der Waals surface area contributed by atoms with Crippen LogP contribution in [0.2, 0.25) is 0 Å². The summed E-state index contributed by atoms with van der Waals surface area (Å²) in [6, 6.07) is 0. The minimum absolute atomic E-state index is 0.0874. The number of unbranched alkanes of at least 4 members (excludes halogenated alkanes) is 29. The SMILES string of the molecule is CC/C=C\C/C=C\C/C=C\C/C=C\C/C=C\C/C=C\CCCCCCCCC(=O)OCC(COP(=O)(O)OCC(O)COP(=O)(O)OCC(O)COC(=O)CCCCCCCCCCCCC/C=C\C/C=C\C/C=C\C/C=C\C/C=C\CC)OC(=O)CCCCCCCCCCC/C=C\C/C=C\C/C=C\C/C=C\CCCCC. The lowest BCUT2D eigenvalue weighted by molar-refractivity contribution is -0.161. The maximum Gasteiger partial charge on any atom is 0.472 e. The van der Waals surface area contributed by atoms with Gasteiger partial charge in [0.1, 0.15) is 25.4 Å². The third-order valence-corrected chi connectivity index (χ3v) is 20.0. The van der Waals surface area contributed by atoms with Crippen LogP contribution in [-0.2, 0) is 55.8 Å². The molecule has 644 valence electrons. The third kappa shape index (κ3) is 87.3. The van der Waals surface area contributed by atoms with Crippen molar-refractivity contribution in [3.05, 3.63) is 182 Å². The molecule has 0 saturated carbocycles. The van der Waals surface area contributed by atoms with Crippen molar-refractivity contribution in [1.29, 1.82) is 0 Å². The van der Waals surface area contributed by atoms with Crippen LogP contribution >= 0.6 is 15.6 Å². The molecule has 0 fully saturated rings. The minimum Gasteiger partial charge on any atom is -0.463 e. The van der Waals surface area contributed by atoms with E-state index in [9.17, 15) is 43.5 Å². The topological polar surface area (TPSA) is 231 Å². The number of carbonyl (C=O) groups excluding carboxylic acids is 3. The molecule has 0 spiro atoms. The second-order valence-corrected chi connectivity index (χ2v) is 31.8. The highest BCUT2D eigenvalue weighted by molar-refractivity contribution is 7.47. The lowest BCUT2D eigenvalue weighted by Crippen LogP contribution is -2.30. The molecule has 0 aromatic rings. The Balaban J connectivity index is 4.71. The summed E-state index contributed by atoms with van der Waals surface area (Å²) in [7, 11) is -9.82. The van der Waals surface area contributed by atoms with Crippen molar-refractivity contribution < 1.29 is 75.8 Å². The molecule has 0 aromatic carbocycles. The first-order chi connectivity index (χ1) is 55.2. The predicted molar refractivity (Wildman–Crippen MR) is 472 cm³/mol. The molecular weight excluding hydrogens is 1460 g/mol. The predicted octanol–water partition coefficient (Wildman–Crippen LogP) is 26.9. The van der Waals surface area contributed by atoms with Gasteiger partial charge in [-0.25, -0.2) is 9.13 Å². The van der Waals surface area contributed by atoms with Crippen molar-refractivity contribution in [3.8, 4) is 0 Å². The van der Waals surface area contributed by atoms with Gasteiger partial charge in [-0.05, 0) is 161 Å². The number of phosphoric acid groups is 2. The second-order valence-electron chi connectivity index (χ2n) is 28.9. The molecule has 0 aliphatic heterocycles. The van der Waals surface area contributed by atoms with E-state index >= 15 is 0 Å². The lowest BCUT2D eigenvalue weighted by Gasteiger charge is -2.21. The van der Waals surface area contributed by atoms with Gasteiger partial charge < -0.3 is 34.2 Å². The Kier molecular flexibility index (Phi) is 81.9. The van der Waals surface area contributed by atoms with E-state index in [0.717, 1.165) is 186 Å². The molecule has 0 bridgehead atoms. The number of ether oxygens (including phenoxy) is 3. The molecule has 5 unspecified atom stereocenters. The summed E-state index contributed by atoms with van der Waals surface area (Å²) in [4.78, 5) is 59.0. The van der Waals surface area contributed by atoms with Crippen LogP contribution in [0.25, 0.3) is 0 Å². The molecule has 0 amide bonds. The summed E-state index contributed by atoms with van der Waals surface area (Å²) in [5.74, 6) is -1.60. The zero-order valence-corrected chi connectivity index (χ0v) is 72.5. The summed E-state index contributed by atoms with van der Waals surface area (Å²) in [5.41, 5.74) is 0. The highest BCUT2D eigenvalue weighted by Gasteiger charge is 2.29. The highest BCUT2D eigenvalue weighted by atomic mass is 31.2. The van der Waals surface area contributed by atoms with Crippen LogP contribution in [0.4, 0.5) is 0 Å². The first kappa shape index (κ1) is 108. The number of phosphoric ester groups is 2. The fourth-order valence-electron chi connectivity index (χ4n) is 11.5. The van der Waals surface area contributed by atoms with E-state index in [1.165, 1.54) is 96.3 Å². The van der Waals surface area contributed by atoms with Gasteiger partial charge in [0.05, 0.1) is 26.4 Å². The van der Waals surface area contributed by atoms with Crippen LogP contribution in [0.3, 0.4) is 0 Å². The van der Waals surface area contributed by atoms with Crippen molar-refractivity contribution in [2.75, 3.05) is 39.6 Å². The molecule has 18 heteroatoms. The van der Waals surface area contributed by atoms with Crippen LogP contribution in [0.15, 0.2) is 182 Å². The van der Waals surface area contributed by atoms with E-state index < -0.39 is 91.5 Å². The number of aliphatic hydroxyl groups is 2. The Morgan fingerprint density at radius 2 is 0.469 bits per heavy atom. The molecule has 5 atom stereocenters. The first-order valence-electron chi connectivity index (χ1n) is 44.1. The highest BCUT2D eigenvalue weighted by Crippen LogP contribution is 2.45. The van der Waals surface area contributed by atoms with Gasteiger partial charge in [-0.2, -0.15) is 0 Å². The van der Waals surface area contributed by atoms with Crippen molar-refractivity contribution in [3.63, 3.8) is 0 Å². The summed E-state index contributed by atoms with van der Waals surface area (Å²) < 4.78 is 61.4. The zero-order valence-electron chi connectivity index (χ0n) is 70.7. The van der Waals surface area contributed by atoms with E-state index in [2.05, 4.69) is 203 Å². The molecule has 0 saturated heterocycles. The Morgan fingerprint density at radius 3 is 0.743 bits per heavy atom. The number of aliphatic hydroxyl groups excluding tert-OH is 2. The average Bonchev–Trinajstić information content (AvgIpc) is 0.906. The maximum absolute atomic E-state index is 13.1. The fraction of sp³-hybridized carbons (Fsp3) is 0.653. The molecule has 0 aromatic heterocycles. The quantitative estimate of drug-likeness (QED) is 0.0146. The zero-order chi connectivity index (χ0) is 82.2. The molecular formula is C95H158O16P2. The summed E-state index contributed by atoms with van der Waals surface area (Å²) in [6.45, 7) is 2.42. The maximum atomic E-state index is 13.1. The van der Waals surface area contributed by atoms with Gasteiger partial charge in [0.2, 0.25) is 0 Å². The molecule has 113 heavy (non-hydrogen) atoms. The lowest BCUT2D eigenvalue weighted by atomic mass is 10.0. The first-order valence-corrected chi connectivity index (χ1v) is 47.1. The number of hydrogen-bond donors (Lipinski definition) is 4. The Labute approximate surface area is 687 Å². The molecule has 0 aliphatic rings. The van der Waals surface area contributed by atoms with E-state index in [1.54, 1.807) is 0 Å². The third-order valence-electron chi connectivity index (χ3n) is 18.1. The van der Waals surface area contributed by atoms with Gasteiger partial charge >= 0.3 is 33.6 Å². The molecule has 16 nitrogen and oxygen atoms in total. The summed E-state index contributed by atoms with van der Waals surface area (Å²) >= 11 is 0.